The number of aromatic nitrogens is 2. The number of nitrogens with zero attached hydrogens (tertiary/aromatic N) is 2. The Morgan fingerprint density at radius 3 is 2.57 bits per heavy atom. The zero-order chi connectivity index (χ0) is 14.8. The van der Waals surface area contributed by atoms with Gasteiger partial charge in [-0.05, 0) is 36.8 Å². The third-order valence-electron chi connectivity index (χ3n) is 3.82. The highest BCUT2D eigenvalue weighted by atomic mass is 35.5. The van der Waals surface area contributed by atoms with E-state index in [1.807, 2.05) is 30.3 Å². The second-order valence-corrected chi connectivity index (χ2v) is 5.67. The Balaban J connectivity index is 1.74. The molecule has 1 atom stereocenters. The largest absolute Gasteiger partial charge is 0.330 e. The second-order valence-electron chi connectivity index (χ2n) is 5.23. The van der Waals surface area contributed by atoms with Gasteiger partial charge in [-0.3, -0.25) is 0 Å². The highest BCUT2D eigenvalue weighted by molar-refractivity contribution is 6.30. The maximum absolute atomic E-state index is 5.92. The number of aryl methyl sites for hydroxylation is 1. The zero-order valence-electron chi connectivity index (χ0n) is 12.2. The van der Waals surface area contributed by atoms with Crippen molar-refractivity contribution < 1.29 is 0 Å². The molecular formula is C17H18ClN3. The first kappa shape index (κ1) is 14.1. The lowest BCUT2D eigenvalue weighted by Crippen LogP contribution is -2.20. The van der Waals surface area contributed by atoms with Crippen LogP contribution in [0.25, 0.3) is 11.0 Å². The number of rotatable bonds is 4. The molecular weight excluding hydrogens is 282 g/mol. The molecule has 3 rings (SSSR count). The van der Waals surface area contributed by atoms with E-state index in [-0.39, 0.29) is 6.04 Å². The van der Waals surface area contributed by atoms with Crippen LogP contribution in [0.3, 0.4) is 0 Å². The van der Waals surface area contributed by atoms with Gasteiger partial charge in [0, 0.05) is 18.1 Å². The molecule has 0 unspecified atom stereocenters. The van der Waals surface area contributed by atoms with Crippen molar-refractivity contribution in [1.29, 1.82) is 0 Å². The lowest BCUT2D eigenvalue weighted by atomic mass is 10.1. The summed E-state index contributed by atoms with van der Waals surface area (Å²) in [5.74, 6) is 1.04. The summed E-state index contributed by atoms with van der Waals surface area (Å²) in [6.07, 6.45) is 0. The molecule has 0 fully saturated rings. The van der Waals surface area contributed by atoms with Gasteiger partial charge in [-0.2, -0.15) is 0 Å². The van der Waals surface area contributed by atoms with Crippen molar-refractivity contribution in [3.63, 3.8) is 0 Å². The Bertz CT molecular complexity index is 746. The molecule has 4 heteroatoms. The van der Waals surface area contributed by atoms with Crippen LogP contribution < -0.4 is 5.32 Å². The number of halogens is 1. The standard InChI is InChI=1S/C17H18ClN3/c1-12(13-7-9-14(18)10-8-13)19-11-17-20-15-5-3-4-6-16(15)21(17)2/h3-10,12,19H,11H2,1-2H3/t12-/m0/s1. The Kier molecular flexibility index (Phi) is 3.95. The van der Waals surface area contributed by atoms with Crippen molar-refractivity contribution in [3.8, 4) is 0 Å². The molecule has 0 bridgehead atoms. The summed E-state index contributed by atoms with van der Waals surface area (Å²) in [7, 11) is 2.05. The van der Waals surface area contributed by atoms with Crippen LogP contribution in [0, 0.1) is 0 Å². The van der Waals surface area contributed by atoms with Gasteiger partial charge in [-0.15, -0.1) is 0 Å². The lowest BCUT2D eigenvalue weighted by Gasteiger charge is -2.14. The van der Waals surface area contributed by atoms with Crippen molar-refractivity contribution in [2.75, 3.05) is 0 Å². The number of para-hydroxylation sites is 2. The Morgan fingerprint density at radius 2 is 1.86 bits per heavy atom. The summed E-state index contributed by atoms with van der Waals surface area (Å²) in [4.78, 5) is 4.67. The monoisotopic (exact) mass is 299 g/mol. The van der Waals surface area contributed by atoms with Crippen molar-refractivity contribution >= 4 is 22.6 Å². The predicted molar refractivity (Wildman–Crippen MR) is 87.4 cm³/mol. The predicted octanol–water partition coefficient (Wildman–Crippen LogP) is 4.08. The minimum Gasteiger partial charge on any atom is -0.330 e. The molecule has 21 heavy (non-hydrogen) atoms. The van der Waals surface area contributed by atoms with Crippen LogP contribution in [-0.2, 0) is 13.6 Å². The van der Waals surface area contributed by atoms with Gasteiger partial charge in [0.1, 0.15) is 5.82 Å². The molecule has 0 spiro atoms. The fourth-order valence-electron chi connectivity index (χ4n) is 2.47. The average Bonchev–Trinajstić information content (AvgIpc) is 2.82. The summed E-state index contributed by atoms with van der Waals surface area (Å²) in [5.41, 5.74) is 3.42. The van der Waals surface area contributed by atoms with E-state index >= 15 is 0 Å². The van der Waals surface area contributed by atoms with Crippen LogP contribution in [-0.4, -0.2) is 9.55 Å². The summed E-state index contributed by atoms with van der Waals surface area (Å²) < 4.78 is 2.14. The second kappa shape index (κ2) is 5.88. The van der Waals surface area contributed by atoms with Gasteiger partial charge in [-0.1, -0.05) is 35.9 Å². The average molecular weight is 300 g/mol. The molecule has 0 aliphatic carbocycles. The molecule has 108 valence electrons. The summed E-state index contributed by atoms with van der Waals surface area (Å²) in [6.45, 7) is 2.88. The van der Waals surface area contributed by atoms with Gasteiger partial charge in [0.2, 0.25) is 0 Å². The van der Waals surface area contributed by atoms with E-state index in [2.05, 4.69) is 47.0 Å². The maximum Gasteiger partial charge on any atom is 0.123 e. The van der Waals surface area contributed by atoms with E-state index < -0.39 is 0 Å². The first-order chi connectivity index (χ1) is 10.1. The highest BCUT2D eigenvalue weighted by Crippen LogP contribution is 2.18. The molecule has 3 nitrogen and oxygen atoms in total. The summed E-state index contributed by atoms with van der Waals surface area (Å²) in [5, 5.41) is 4.28. The molecule has 1 heterocycles. The van der Waals surface area contributed by atoms with E-state index in [9.17, 15) is 0 Å². The minimum atomic E-state index is 0.252. The number of benzene rings is 2. The zero-order valence-corrected chi connectivity index (χ0v) is 12.9. The van der Waals surface area contributed by atoms with Gasteiger partial charge in [0.25, 0.3) is 0 Å². The highest BCUT2D eigenvalue weighted by Gasteiger charge is 2.09. The van der Waals surface area contributed by atoms with Crippen molar-refractivity contribution in [2.45, 2.75) is 19.5 Å². The van der Waals surface area contributed by atoms with E-state index in [0.29, 0.717) is 0 Å². The molecule has 1 N–H and O–H groups in total. The third-order valence-corrected chi connectivity index (χ3v) is 4.07. The number of fused-ring (bicyclic) bond motifs is 1. The Labute approximate surface area is 129 Å². The third kappa shape index (κ3) is 2.94. The molecule has 0 aliphatic heterocycles. The minimum absolute atomic E-state index is 0.252. The van der Waals surface area contributed by atoms with Gasteiger partial charge in [0.15, 0.2) is 0 Å². The number of hydrogen-bond donors (Lipinski definition) is 1. The van der Waals surface area contributed by atoms with Crippen molar-refractivity contribution in [2.24, 2.45) is 7.05 Å². The van der Waals surface area contributed by atoms with Gasteiger partial charge >= 0.3 is 0 Å². The van der Waals surface area contributed by atoms with Gasteiger partial charge in [-0.25, -0.2) is 4.98 Å². The molecule has 0 amide bonds. The van der Waals surface area contributed by atoms with Crippen LogP contribution in [0.1, 0.15) is 24.4 Å². The first-order valence-corrected chi connectivity index (χ1v) is 7.42. The molecule has 0 radical (unpaired) electrons. The molecule has 1 aromatic heterocycles. The molecule has 0 aliphatic rings. The van der Waals surface area contributed by atoms with E-state index in [0.717, 1.165) is 28.4 Å². The number of hydrogen-bond acceptors (Lipinski definition) is 2. The van der Waals surface area contributed by atoms with E-state index in [1.54, 1.807) is 0 Å². The normalized spacial score (nSPS) is 12.7. The quantitative estimate of drug-likeness (QED) is 0.787. The van der Waals surface area contributed by atoms with Crippen LogP contribution in [0.15, 0.2) is 48.5 Å². The molecule has 0 saturated carbocycles. The van der Waals surface area contributed by atoms with Gasteiger partial charge in [0.05, 0.1) is 17.6 Å². The Morgan fingerprint density at radius 1 is 1.14 bits per heavy atom. The van der Waals surface area contributed by atoms with Crippen LogP contribution in [0.5, 0.6) is 0 Å². The maximum atomic E-state index is 5.92. The topological polar surface area (TPSA) is 29.9 Å². The summed E-state index contributed by atoms with van der Waals surface area (Å²) in [6, 6.07) is 16.4. The van der Waals surface area contributed by atoms with E-state index in [1.165, 1.54) is 5.56 Å². The molecule has 0 saturated heterocycles. The van der Waals surface area contributed by atoms with Crippen LogP contribution in [0.2, 0.25) is 5.02 Å². The molecule has 3 aromatic rings. The molecule has 2 aromatic carbocycles. The van der Waals surface area contributed by atoms with Crippen LogP contribution >= 0.6 is 11.6 Å². The number of nitrogens with one attached hydrogen (secondary N) is 1. The smallest absolute Gasteiger partial charge is 0.123 e. The SMILES string of the molecule is C[C@H](NCc1nc2ccccc2n1C)c1ccc(Cl)cc1. The van der Waals surface area contributed by atoms with Crippen LogP contribution in [0.4, 0.5) is 0 Å². The lowest BCUT2D eigenvalue weighted by molar-refractivity contribution is 0.551. The van der Waals surface area contributed by atoms with Gasteiger partial charge < -0.3 is 9.88 Å². The first-order valence-electron chi connectivity index (χ1n) is 7.04. The Hall–Kier alpha value is -1.84. The fourth-order valence-corrected chi connectivity index (χ4v) is 2.59. The van der Waals surface area contributed by atoms with Crippen molar-refractivity contribution in [1.82, 2.24) is 14.9 Å². The van der Waals surface area contributed by atoms with E-state index in [4.69, 9.17) is 11.6 Å². The fraction of sp³-hybridized carbons (Fsp3) is 0.235. The van der Waals surface area contributed by atoms with Crippen molar-refractivity contribution in [3.05, 3.63) is 64.9 Å². The number of imidazole rings is 1. The summed E-state index contributed by atoms with van der Waals surface area (Å²) >= 11 is 5.92.